The molecule has 21 heavy (non-hydrogen) atoms. The number of hydrogen-bond acceptors (Lipinski definition) is 5. The van der Waals surface area contributed by atoms with Gasteiger partial charge in [-0.3, -0.25) is 4.90 Å². The molecule has 3 atom stereocenters. The number of carbonyl (C=O) groups is 2. The lowest BCUT2D eigenvalue weighted by Crippen LogP contribution is -2.53. The van der Waals surface area contributed by atoms with Crippen LogP contribution in [0.15, 0.2) is 0 Å². The van der Waals surface area contributed by atoms with Crippen LogP contribution in [0.2, 0.25) is 0 Å². The Morgan fingerprint density at radius 3 is 2.38 bits per heavy atom. The van der Waals surface area contributed by atoms with Crippen LogP contribution in [0.25, 0.3) is 0 Å². The Labute approximate surface area is 129 Å². The number of rotatable bonds is 5. The number of carboxylic acids is 1. The standard InChI is InChI=1S/C12H22N2O5S2/c1-7(2)10-14(9(5-20-10)11(15)16)12(17)13-8(3)6-21(4,18)19/h7-10H,5-6H2,1-4H3,(H,13,17)(H,15,16). The molecule has 0 bridgehead atoms. The summed E-state index contributed by atoms with van der Waals surface area (Å²) in [5.41, 5.74) is 0. The number of amides is 2. The van der Waals surface area contributed by atoms with Crippen molar-refractivity contribution >= 4 is 33.6 Å². The van der Waals surface area contributed by atoms with Crippen molar-refractivity contribution in [2.45, 2.75) is 38.2 Å². The maximum Gasteiger partial charge on any atom is 0.327 e. The molecule has 1 fully saturated rings. The van der Waals surface area contributed by atoms with Crippen LogP contribution in [0.1, 0.15) is 20.8 Å². The number of urea groups is 1. The second kappa shape index (κ2) is 6.87. The highest BCUT2D eigenvalue weighted by Crippen LogP contribution is 2.34. The van der Waals surface area contributed by atoms with E-state index in [1.54, 1.807) is 6.92 Å². The minimum atomic E-state index is -3.21. The zero-order valence-electron chi connectivity index (χ0n) is 12.6. The maximum absolute atomic E-state index is 12.3. The van der Waals surface area contributed by atoms with Crippen LogP contribution in [0, 0.1) is 5.92 Å². The van der Waals surface area contributed by atoms with Gasteiger partial charge in [0, 0.05) is 18.1 Å². The molecule has 0 spiro atoms. The summed E-state index contributed by atoms with van der Waals surface area (Å²) in [4.78, 5) is 24.9. The smallest absolute Gasteiger partial charge is 0.327 e. The lowest BCUT2D eigenvalue weighted by molar-refractivity contribution is -0.141. The van der Waals surface area contributed by atoms with Crippen molar-refractivity contribution in [1.29, 1.82) is 0 Å². The molecule has 0 saturated carbocycles. The van der Waals surface area contributed by atoms with Crippen molar-refractivity contribution in [3.05, 3.63) is 0 Å². The van der Waals surface area contributed by atoms with Gasteiger partial charge in [-0.15, -0.1) is 11.8 Å². The van der Waals surface area contributed by atoms with Crippen LogP contribution in [0.5, 0.6) is 0 Å². The van der Waals surface area contributed by atoms with Crippen LogP contribution in [0.3, 0.4) is 0 Å². The van der Waals surface area contributed by atoms with Gasteiger partial charge in [0.1, 0.15) is 15.9 Å². The highest BCUT2D eigenvalue weighted by Gasteiger charge is 2.43. The van der Waals surface area contributed by atoms with Crippen molar-refractivity contribution in [1.82, 2.24) is 10.2 Å². The van der Waals surface area contributed by atoms with Gasteiger partial charge in [0.25, 0.3) is 0 Å². The maximum atomic E-state index is 12.3. The van der Waals surface area contributed by atoms with Crippen molar-refractivity contribution in [3.8, 4) is 0 Å². The van der Waals surface area contributed by atoms with Gasteiger partial charge < -0.3 is 10.4 Å². The van der Waals surface area contributed by atoms with Gasteiger partial charge in [-0.25, -0.2) is 18.0 Å². The third kappa shape index (κ3) is 5.06. The normalized spacial score (nSPS) is 24.1. The van der Waals surface area contributed by atoms with Crippen LogP contribution < -0.4 is 5.32 Å². The molecule has 0 aliphatic carbocycles. The van der Waals surface area contributed by atoms with E-state index in [-0.39, 0.29) is 17.0 Å². The molecule has 1 rings (SSSR count). The molecule has 2 N–H and O–H groups in total. The average Bonchev–Trinajstić information content (AvgIpc) is 2.69. The molecule has 0 aromatic rings. The van der Waals surface area contributed by atoms with E-state index in [9.17, 15) is 23.1 Å². The van der Waals surface area contributed by atoms with Crippen LogP contribution >= 0.6 is 11.8 Å². The molecule has 0 radical (unpaired) electrons. The number of carboxylic acid groups (broad SMARTS) is 1. The van der Waals surface area contributed by atoms with E-state index in [1.807, 2.05) is 13.8 Å². The van der Waals surface area contributed by atoms with Gasteiger partial charge >= 0.3 is 12.0 Å². The Morgan fingerprint density at radius 1 is 1.38 bits per heavy atom. The predicted octanol–water partition coefficient (Wildman–Crippen LogP) is 0.613. The van der Waals surface area contributed by atoms with E-state index in [2.05, 4.69) is 5.32 Å². The summed E-state index contributed by atoms with van der Waals surface area (Å²) in [6.07, 6.45) is 1.10. The molecular weight excluding hydrogens is 316 g/mol. The lowest BCUT2D eigenvalue weighted by atomic mass is 10.1. The van der Waals surface area contributed by atoms with Crippen LogP contribution in [0.4, 0.5) is 4.79 Å². The Morgan fingerprint density at radius 2 is 1.95 bits per heavy atom. The third-order valence-corrected chi connectivity index (χ3v) is 5.77. The number of nitrogens with one attached hydrogen (secondary N) is 1. The van der Waals surface area contributed by atoms with E-state index < -0.39 is 33.9 Å². The zero-order valence-corrected chi connectivity index (χ0v) is 14.2. The fraction of sp³-hybridized carbons (Fsp3) is 0.833. The minimum absolute atomic E-state index is 0.107. The molecule has 9 heteroatoms. The lowest BCUT2D eigenvalue weighted by Gasteiger charge is -2.30. The summed E-state index contributed by atoms with van der Waals surface area (Å²) < 4.78 is 22.5. The molecule has 1 aliphatic rings. The molecule has 3 unspecified atom stereocenters. The van der Waals surface area contributed by atoms with Gasteiger partial charge in [-0.1, -0.05) is 13.8 Å². The number of aliphatic carboxylic acids is 1. The highest BCUT2D eigenvalue weighted by atomic mass is 32.2. The molecule has 0 aromatic carbocycles. The summed E-state index contributed by atoms with van der Waals surface area (Å²) in [6, 6.07) is -1.98. The molecule has 7 nitrogen and oxygen atoms in total. The molecule has 1 aliphatic heterocycles. The van der Waals surface area contributed by atoms with Gasteiger partial charge in [-0.2, -0.15) is 0 Å². The van der Waals surface area contributed by atoms with E-state index in [4.69, 9.17) is 0 Å². The monoisotopic (exact) mass is 338 g/mol. The van der Waals surface area contributed by atoms with Crippen molar-refractivity contribution < 1.29 is 23.1 Å². The second-order valence-corrected chi connectivity index (χ2v) is 9.01. The summed E-state index contributed by atoms with van der Waals surface area (Å²) in [5, 5.41) is 11.6. The van der Waals surface area contributed by atoms with Gasteiger partial charge in [0.15, 0.2) is 0 Å². The number of hydrogen-bond donors (Lipinski definition) is 2. The van der Waals surface area contributed by atoms with Gasteiger partial charge in [-0.05, 0) is 12.8 Å². The van der Waals surface area contributed by atoms with E-state index in [1.165, 1.54) is 16.7 Å². The Balaban J connectivity index is 2.82. The minimum Gasteiger partial charge on any atom is -0.480 e. The second-order valence-electron chi connectivity index (χ2n) is 5.67. The third-order valence-electron chi connectivity index (χ3n) is 3.05. The number of nitrogens with zero attached hydrogens (tertiary/aromatic N) is 1. The largest absolute Gasteiger partial charge is 0.480 e. The Bertz CT molecular complexity index is 506. The number of carbonyl (C=O) groups excluding carboxylic acids is 1. The number of thioether (sulfide) groups is 1. The van der Waals surface area contributed by atoms with Crippen LogP contribution in [-0.2, 0) is 14.6 Å². The highest BCUT2D eigenvalue weighted by molar-refractivity contribution is 8.00. The first kappa shape index (κ1) is 18.1. The summed E-state index contributed by atoms with van der Waals surface area (Å²) in [6.45, 7) is 5.42. The molecule has 0 aromatic heterocycles. The first-order chi connectivity index (χ1) is 9.53. The zero-order chi connectivity index (χ0) is 16.4. The Kier molecular flexibility index (Phi) is 5.92. The van der Waals surface area contributed by atoms with Crippen LogP contribution in [-0.4, -0.2) is 65.6 Å². The van der Waals surface area contributed by atoms with Gasteiger partial charge in [0.05, 0.1) is 11.1 Å². The molecule has 2 amide bonds. The predicted molar refractivity (Wildman–Crippen MR) is 82.1 cm³/mol. The Hall–Kier alpha value is -0.960. The van der Waals surface area contributed by atoms with E-state index in [0.29, 0.717) is 5.75 Å². The first-order valence-electron chi connectivity index (χ1n) is 6.64. The first-order valence-corrected chi connectivity index (χ1v) is 9.74. The average molecular weight is 338 g/mol. The quantitative estimate of drug-likeness (QED) is 0.761. The fourth-order valence-electron chi connectivity index (χ4n) is 2.27. The van der Waals surface area contributed by atoms with Gasteiger partial charge in [0.2, 0.25) is 0 Å². The molecule has 1 saturated heterocycles. The SMILES string of the molecule is CC(CS(C)(=O)=O)NC(=O)N1C(C(=O)O)CSC1C(C)C. The molecule has 122 valence electrons. The van der Waals surface area contributed by atoms with Crippen molar-refractivity contribution in [2.75, 3.05) is 17.8 Å². The molecule has 1 heterocycles. The molecular formula is C12H22N2O5S2. The van der Waals surface area contributed by atoms with E-state index in [0.717, 1.165) is 6.26 Å². The summed E-state index contributed by atoms with van der Waals surface area (Å²) in [5.74, 6) is -0.776. The van der Waals surface area contributed by atoms with Crippen molar-refractivity contribution in [3.63, 3.8) is 0 Å². The summed E-state index contributed by atoms with van der Waals surface area (Å²) in [7, 11) is -3.21. The van der Waals surface area contributed by atoms with E-state index >= 15 is 0 Å². The fourth-order valence-corrected chi connectivity index (χ4v) is 4.73. The van der Waals surface area contributed by atoms with Crippen molar-refractivity contribution in [2.24, 2.45) is 5.92 Å². The topological polar surface area (TPSA) is 104 Å². The number of sulfone groups is 1. The summed E-state index contributed by atoms with van der Waals surface area (Å²) >= 11 is 1.43.